The van der Waals surface area contributed by atoms with Crippen molar-refractivity contribution in [2.24, 2.45) is 0 Å². The Morgan fingerprint density at radius 1 is 1.36 bits per heavy atom. The summed E-state index contributed by atoms with van der Waals surface area (Å²) in [6.07, 6.45) is 0. The van der Waals surface area contributed by atoms with Crippen LogP contribution in [-0.2, 0) is 0 Å². The largest absolute Gasteiger partial charge is 0.418 e. The molecule has 0 aliphatic carbocycles. The van der Waals surface area contributed by atoms with E-state index in [-0.39, 0.29) is 4.74 Å². The third kappa shape index (κ3) is 0.832. The van der Waals surface area contributed by atoms with Gasteiger partial charge in [0.05, 0.1) is 5.39 Å². The molecular weight excluding hydrogens is 162 g/mol. The van der Waals surface area contributed by atoms with E-state index in [0.717, 1.165) is 15.7 Å². The first-order valence-corrected chi connectivity index (χ1v) is 3.87. The van der Waals surface area contributed by atoms with Crippen LogP contribution in [0.5, 0.6) is 0 Å². The summed E-state index contributed by atoms with van der Waals surface area (Å²) in [5.74, 6) is 0. The third-order valence-electron chi connectivity index (χ3n) is 1.50. The van der Waals surface area contributed by atoms with E-state index < -0.39 is 0 Å². The van der Waals surface area contributed by atoms with Crippen molar-refractivity contribution in [2.75, 3.05) is 0 Å². The molecule has 2 rings (SSSR count). The van der Waals surface area contributed by atoms with Gasteiger partial charge in [0.2, 0.25) is 0 Å². The van der Waals surface area contributed by atoms with Gasteiger partial charge in [-0.3, -0.25) is 4.79 Å². The van der Waals surface area contributed by atoms with Crippen LogP contribution in [0.15, 0.2) is 29.1 Å². The summed E-state index contributed by atoms with van der Waals surface area (Å²) in [5.41, 5.74) is 0.572. The fourth-order valence-corrected chi connectivity index (χ4v) is 1.68. The van der Waals surface area contributed by atoms with Crippen LogP contribution in [0.25, 0.3) is 10.9 Å². The molecule has 1 N–H and O–H groups in total. The molecule has 1 heterocycles. The second-order valence-electron chi connectivity index (χ2n) is 2.17. The van der Waals surface area contributed by atoms with Crippen LogP contribution in [0.1, 0.15) is 0 Å². The van der Waals surface area contributed by atoms with E-state index in [1.165, 1.54) is 0 Å². The highest BCUT2D eigenvalue weighted by molar-refractivity contribution is 7.04. The SMILES string of the molecule is O=c1sn(O)c2ccccc12. The van der Waals surface area contributed by atoms with Crippen molar-refractivity contribution in [3.05, 3.63) is 33.8 Å². The van der Waals surface area contributed by atoms with Crippen molar-refractivity contribution in [2.45, 2.75) is 0 Å². The molecule has 0 unspecified atom stereocenters. The fourth-order valence-electron chi connectivity index (χ4n) is 0.990. The Morgan fingerprint density at radius 2 is 2.09 bits per heavy atom. The Morgan fingerprint density at radius 3 is 2.82 bits per heavy atom. The molecule has 0 aliphatic rings. The number of nitrogens with zero attached hydrogens (tertiary/aromatic N) is 1. The van der Waals surface area contributed by atoms with Crippen LogP contribution in [0.3, 0.4) is 0 Å². The molecule has 3 nitrogen and oxygen atoms in total. The van der Waals surface area contributed by atoms with Crippen LogP contribution in [0.4, 0.5) is 0 Å². The fraction of sp³-hybridized carbons (Fsp3) is 0. The molecule has 2 aromatic rings. The Balaban J connectivity index is 3.07. The lowest BCUT2D eigenvalue weighted by atomic mass is 10.3. The first-order valence-electron chi connectivity index (χ1n) is 3.09. The molecule has 0 aliphatic heterocycles. The maximum Gasteiger partial charge on any atom is 0.260 e. The first-order chi connectivity index (χ1) is 5.29. The third-order valence-corrected chi connectivity index (χ3v) is 2.25. The van der Waals surface area contributed by atoms with Crippen LogP contribution >= 0.6 is 11.5 Å². The van der Waals surface area contributed by atoms with E-state index in [1.807, 2.05) is 0 Å². The monoisotopic (exact) mass is 167 g/mol. The molecule has 56 valence electrons. The van der Waals surface area contributed by atoms with Crippen molar-refractivity contribution < 1.29 is 5.21 Å². The van der Waals surface area contributed by atoms with Gasteiger partial charge in [0.25, 0.3) is 4.74 Å². The lowest BCUT2D eigenvalue weighted by Gasteiger charge is -1.88. The number of rotatable bonds is 0. The van der Waals surface area contributed by atoms with Gasteiger partial charge in [-0.05, 0) is 12.1 Å². The van der Waals surface area contributed by atoms with E-state index in [2.05, 4.69) is 0 Å². The molecule has 0 saturated carbocycles. The van der Waals surface area contributed by atoms with E-state index in [1.54, 1.807) is 24.3 Å². The molecule has 0 spiro atoms. The number of hydrogen-bond donors (Lipinski definition) is 1. The minimum Gasteiger partial charge on any atom is -0.418 e. The first kappa shape index (κ1) is 6.42. The number of fused-ring (bicyclic) bond motifs is 1. The summed E-state index contributed by atoms with van der Waals surface area (Å²) < 4.78 is 0.778. The molecule has 1 aromatic carbocycles. The van der Waals surface area contributed by atoms with Crippen molar-refractivity contribution in [1.82, 2.24) is 4.12 Å². The standard InChI is InChI=1S/C7H5NO2S/c9-7-5-3-1-2-4-6(5)8(10)11-7/h1-4,10H. The molecule has 0 atom stereocenters. The van der Waals surface area contributed by atoms with E-state index in [0.29, 0.717) is 10.9 Å². The minimum atomic E-state index is -0.108. The molecule has 0 amide bonds. The number of para-hydroxylation sites is 1. The van der Waals surface area contributed by atoms with Crippen molar-refractivity contribution in [3.8, 4) is 0 Å². The van der Waals surface area contributed by atoms with Gasteiger partial charge in [-0.1, -0.05) is 12.1 Å². The average Bonchev–Trinajstić information content (AvgIpc) is 2.30. The summed E-state index contributed by atoms with van der Waals surface area (Å²) in [7, 11) is 0. The van der Waals surface area contributed by atoms with Gasteiger partial charge in [-0.15, -0.1) is 4.12 Å². The Hall–Kier alpha value is -1.29. The van der Waals surface area contributed by atoms with Gasteiger partial charge in [-0.25, -0.2) is 0 Å². The highest BCUT2D eigenvalue weighted by Crippen LogP contribution is 2.10. The molecule has 0 fully saturated rings. The topological polar surface area (TPSA) is 42.2 Å². The molecule has 1 aromatic heterocycles. The lowest BCUT2D eigenvalue weighted by Crippen LogP contribution is -1.85. The van der Waals surface area contributed by atoms with Crippen LogP contribution in [0.2, 0.25) is 0 Å². The summed E-state index contributed by atoms with van der Waals surface area (Å²) in [4.78, 5) is 11.0. The minimum absolute atomic E-state index is 0.108. The highest BCUT2D eigenvalue weighted by Gasteiger charge is 2.03. The molecule has 0 bridgehead atoms. The van der Waals surface area contributed by atoms with Crippen LogP contribution in [0, 0.1) is 0 Å². The van der Waals surface area contributed by atoms with Gasteiger partial charge in [0, 0.05) is 11.5 Å². The van der Waals surface area contributed by atoms with E-state index in [4.69, 9.17) is 5.21 Å². The van der Waals surface area contributed by atoms with Gasteiger partial charge >= 0.3 is 0 Å². The van der Waals surface area contributed by atoms with Crippen LogP contribution < -0.4 is 4.74 Å². The van der Waals surface area contributed by atoms with Crippen molar-refractivity contribution >= 4 is 22.4 Å². The van der Waals surface area contributed by atoms with Crippen molar-refractivity contribution in [1.29, 1.82) is 0 Å². The highest BCUT2D eigenvalue weighted by atomic mass is 32.1. The Bertz CT molecular complexity index is 443. The van der Waals surface area contributed by atoms with Gasteiger partial charge < -0.3 is 5.21 Å². The maximum absolute atomic E-state index is 11.0. The number of benzene rings is 1. The predicted octanol–water partition coefficient (Wildman–Crippen LogP) is 1.30. The summed E-state index contributed by atoms with van der Waals surface area (Å²) in [6, 6.07) is 6.95. The van der Waals surface area contributed by atoms with Crippen LogP contribution in [-0.4, -0.2) is 9.33 Å². The second kappa shape index (κ2) is 2.10. The average molecular weight is 167 g/mol. The zero-order valence-corrected chi connectivity index (χ0v) is 6.34. The van der Waals surface area contributed by atoms with E-state index >= 15 is 0 Å². The molecule has 4 heteroatoms. The second-order valence-corrected chi connectivity index (χ2v) is 3.07. The number of hydrogen-bond acceptors (Lipinski definition) is 3. The molecular formula is C7H5NO2S. The molecule has 0 radical (unpaired) electrons. The number of aromatic nitrogens is 1. The summed E-state index contributed by atoms with van der Waals surface area (Å²) in [6.45, 7) is 0. The molecule has 11 heavy (non-hydrogen) atoms. The Kier molecular flexibility index (Phi) is 1.22. The summed E-state index contributed by atoms with van der Waals surface area (Å²) >= 11 is 0.799. The molecule has 0 saturated heterocycles. The van der Waals surface area contributed by atoms with E-state index in [9.17, 15) is 4.79 Å². The smallest absolute Gasteiger partial charge is 0.260 e. The Labute approximate surface area is 66.2 Å². The van der Waals surface area contributed by atoms with Crippen molar-refractivity contribution in [3.63, 3.8) is 0 Å². The zero-order chi connectivity index (χ0) is 7.84. The van der Waals surface area contributed by atoms with Gasteiger partial charge in [0.15, 0.2) is 0 Å². The lowest BCUT2D eigenvalue weighted by molar-refractivity contribution is 0.231. The predicted molar refractivity (Wildman–Crippen MR) is 43.3 cm³/mol. The van der Waals surface area contributed by atoms with Gasteiger partial charge in [0.1, 0.15) is 5.52 Å². The van der Waals surface area contributed by atoms with Gasteiger partial charge in [-0.2, -0.15) is 0 Å². The maximum atomic E-state index is 11.0. The quantitative estimate of drug-likeness (QED) is 0.601. The summed E-state index contributed by atoms with van der Waals surface area (Å²) in [5, 5.41) is 9.70. The zero-order valence-electron chi connectivity index (χ0n) is 5.52. The normalized spacial score (nSPS) is 10.5.